The molecule has 0 aromatic rings. The van der Waals surface area contributed by atoms with Crippen molar-refractivity contribution in [2.75, 3.05) is 33.4 Å². The molecule has 0 amide bonds. The summed E-state index contributed by atoms with van der Waals surface area (Å²) in [6.45, 7) is 2.59. The number of ether oxygens (including phenoxy) is 1. The summed E-state index contributed by atoms with van der Waals surface area (Å²) in [4.78, 5) is 1.87. The maximum absolute atomic E-state index is 12.7. The molecule has 1 aliphatic rings. The maximum atomic E-state index is 12.7. The van der Waals surface area contributed by atoms with Gasteiger partial charge in [-0.3, -0.25) is 4.90 Å². The van der Waals surface area contributed by atoms with Crippen molar-refractivity contribution in [2.24, 2.45) is 17.6 Å². The van der Waals surface area contributed by atoms with Crippen LogP contribution in [0.1, 0.15) is 19.8 Å². The average molecular weight is 268 g/mol. The fraction of sp³-hybridized carbons (Fsp3) is 1.00. The number of hydrogen-bond donors (Lipinski definition) is 1. The highest BCUT2D eigenvalue weighted by atomic mass is 19.4. The van der Waals surface area contributed by atoms with Crippen molar-refractivity contribution in [3.8, 4) is 0 Å². The van der Waals surface area contributed by atoms with Gasteiger partial charge in [-0.1, -0.05) is 0 Å². The number of nitrogens with two attached hydrogens (primary N) is 1. The molecular formula is C12H23F3N2O. The van der Waals surface area contributed by atoms with Gasteiger partial charge in [0.05, 0.1) is 12.5 Å². The molecule has 2 atom stereocenters. The van der Waals surface area contributed by atoms with E-state index in [2.05, 4.69) is 0 Å². The van der Waals surface area contributed by atoms with E-state index in [4.69, 9.17) is 10.5 Å². The van der Waals surface area contributed by atoms with Crippen LogP contribution in [0.5, 0.6) is 0 Å². The summed E-state index contributed by atoms with van der Waals surface area (Å²) in [5.41, 5.74) is 5.25. The van der Waals surface area contributed by atoms with E-state index in [0.29, 0.717) is 19.1 Å². The Bertz CT molecular complexity index is 244. The summed E-state index contributed by atoms with van der Waals surface area (Å²) >= 11 is 0. The molecule has 0 aromatic heterocycles. The second-order valence-corrected chi connectivity index (χ2v) is 5.04. The molecule has 0 radical (unpaired) electrons. The molecule has 0 saturated heterocycles. The van der Waals surface area contributed by atoms with E-state index in [1.807, 2.05) is 11.8 Å². The zero-order chi connectivity index (χ0) is 13.8. The van der Waals surface area contributed by atoms with Gasteiger partial charge >= 0.3 is 6.18 Å². The number of methoxy groups -OCH3 is 1. The molecule has 2 unspecified atom stereocenters. The first-order valence-corrected chi connectivity index (χ1v) is 6.40. The number of alkyl halides is 3. The molecular weight excluding hydrogens is 245 g/mol. The van der Waals surface area contributed by atoms with Gasteiger partial charge in [-0.25, -0.2) is 0 Å². The van der Waals surface area contributed by atoms with Gasteiger partial charge in [-0.05, 0) is 25.7 Å². The molecule has 1 saturated carbocycles. The molecule has 1 aliphatic carbocycles. The van der Waals surface area contributed by atoms with Gasteiger partial charge in [0.15, 0.2) is 0 Å². The lowest BCUT2D eigenvalue weighted by Gasteiger charge is -2.32. The Morgan fingerprint density at radius 1 is 1.39 bits per heavy atom. The Labute approximate surface area is 106 Å². The molecule has 1 fully saturated rings. The average Bonchev–Trinajstić information content (AvgIpc) is 3.10. The lowest BCUT2D eigenvalue weighted by Crippen LogP contribution is -2.46. The number of rotatable bonds is 8. The third-order valence-electron chi connectivity index (χ3n) is 3.67. The molecule has 0 spiro atoms. The summed E-state index contributed by atoms with van der Waals surface area (Å²) in [5.74, 6) is -0.913. The van der Waals surface area contributed by atoms with E-state index in [-0.39, 0.29) is 19.1 Å². The standard InChI is InChI=1S/C12H23F3N2O/c1-9(10-3-4-10)17(5-6-18-2)8-11(7-16)12(13,14)15/h9-11H,3-8,16H2,1-2H3. The van der Waals surface area contributed by atoms with E-state index < -0.39 is 12.1 Å². The van der Waals surface area contributed by atoms with Crippen LogP contribution in [0.3, 0.4) is 0 Å². The predicted molar refractivity (Wildman–Crippen MR) is 64.2 cm³/mol. The summed E-state index contributed by atoms with van der Waals surface area (Å²) in [5, 5.41) is 0. The lowest BCUT2D eigenvalue weighted by molar-refractivity contribution is -0.178. The highest BCUT2D eigenvalue weighted by molar-refractivity contribution is 4.87. The molecule has 0 aliphatic heterocycles. The Kier molecular flexibility index (Phi) is 5.88. The molecule has 0 heterocycles. The van der Waals surface area contributed by atoms with Crippen LogP contribution in [0.25, 0.3) is 0 Å². The van der Waals surface area contributed by atoms with Gasteiger partial charge in [0.25, 0.3) is 0 Å². The molecule has 108 valence electrons. The molecule has 6 heteroatoms. The molecule has 0 aromatic carbocycles. The second kappa shape index (κ2) is 6.73. The Hall–Kier alpha value is -0.330. The fourth-order valence-electron chi connectivity index (χ4n) is 2.14. The molecule has 1 rings (SSSR count). The van der Waals surface area contributed by atoms with Gasteiger partial charge in [0.2, 0.25) is 0 Å². The zero-order valence-corrected chi connectivity index (χ0v) is 11.0. The first kappa shape index (κ1) is 15.7. The van der Waals surface area contributed by atoms with Crippen LogP contribution in [0.4, 0.5) is 13.2 Å². The van der Waals surface area contributed by atoms with Crippen molar-refractivity contribution >= 4 is 0 Å². The smallest absolute Gasteiger partial charge is 0.383 e. The normalized spacial score (nSPS) is 20.2. The van der Waals surface area contributed by atoms with Gasteiger partial charge < -0.3 is 10.5 Å². The minimum absolute atomic E-state index is 0.0268. The first-order valence-electron chi connectivity index (χ1n) is 6.40. The van der Waals surface area contributed by atoms with Gasteiger partial charge in [-0.15, -0.1) is 0 Å². The molecule has 3 nitrogen and oxygen atoms in total. The van der Waals surface area contributed by atoms with E-state index in [1.54, 1.807) is 7.11 Å². The summed E-state index contributed by atoms with van der Waals surface area (Å²) < 4.78 is 43.2. The summed E-state index contributed by atoms with van der Waals surface area (Å²) in [7, 11) is 1.56. The predicted octanol–water partition coefficient (Wildman–Crippen LogP) is 1.87. The molecule has 0 bridgehead atoms. The number of nitrogens with zero attached hydrogens (tertiary/aromatic N) is 1. The molecule has 18 heavy (non-hydrogen) atoms. The fourth-order valence-corrected chi connectivity index (χ4v) is 2.14. The first-order chi connectivity index (χ1) is 8.40. The van der Waals surface area contributed by atoms with Crippen molar-refractivity contribution in [3.05, 3.63) is 0 Å². The van der Waals surface area contributed by atoms with Crippen LogP contribution in [-0.2, 0) is 4.74 Å². The Morgan fingerprint density at radius 3 is 2.39 bits per heavy atom. The number of hydrogen-bond acceptors (Lipinski definition) is 3. The second-order valence-electron chi connectivity index (χ2n) is 5.04. The minimum atomic E-state index is -4.22. The van der Waals surface area contributed by atoms with E-state index in [0.717, 1.165) is 12.8 Å². The summed E-state index contributed by atoms with van der Waals surface area (Å²) in [6, 6.07) is 0.177. The van der Waals surface area contributed by atoms with E-state index in [1.165, 1.54) is 0 Å². The molecule has 2 N–H and O–H groups in total. The van der Waals surface area contributed by atoms with Crippen LogP contribution in [0.15, 0.2) is 0 Å². The highest BCUT2D eigenvalue weighted by Gasteiger charge is 2.41. The van der Waals surface area contributed by atoms with Crippen molar-refractivity contribution in [2.45, 2.75) is 32.0 Å². The Balaban J connectivity index is 2.57. The van der Waals surface area contributed by atoms with Crippen LogP contribution in [0.2, 0.25) is 0 Å². The van der Waals surface area contributed by atoms with Crippen molar-refractivity contribution < 1.29 is 17.9 Å². The SMILES string of the molecule is COCCN(CC(CN)C(F)(F)F)C(C)C1CC1. The van der Waals surface area contributed by atoms with Gasteiger partial charge in [0, 0.05) is 32.8 Å². The minimum Gasteiger partial charge on any atom is -0.383 e. The topological polar surface area (TPSA) is 38.5 Å². The maximum Gasteiger partial charge on any atom is 0.394 e. The third kappa shape index (κ3) is 4.74. The Morgan fingerprint density at radius 2 is 2.00 bits per heavy atom. The van der Waals surface area contributed by atoms with Crippen LogP contribution < -0.4 is 5.73 Å². The van der Waals surface area contributed by atoms with Gasteiger partial charge in [0.1, 0.15) is 0 Å². The quantitative estimate of drug-likeness (QED) is 0.730. The number of halogens is 3. The van der Waals surface area contributed by atoms with Crippen LogP contribution >= 0.6 is 0 Å². The zero-order valence-electron chi connectivity index (χ0n) is 11.0. The van der Waals surface area contributed by atoms with Crippen LogP contribution in [0, 0.1) is 11.8 Å². The van der Waals surface area contributed by atoms with Crippen molar-refractivity contribution in [1.82, 2.24) is 4.90 Å². The van der Waals surface area contributed by atoms with E-state index in [9.17, 15) is 13.2 Å². The monoisotopic (exact) mass is 268 g/mol. The van der Waals surface area contributed by atoms with Gasteiger partial charge in [-0.2, -0.15) is 13.2 Å². The largest absolute Gasteiger partial charge is 0.394 e. The van der Waals surface area contributed by atoms with Crippen molar-refractivity contribution in [3.63, 3.8) is 0 Å². The van der Waals surface area contributed by atoms with Crippen LogP contribution in [-0.4, -0.2) is 50.5 Å². The van der Waals surface area contributed by atoms with E-state index >= 15 is 0 Å². The van der Waals surface area contributed by atoms with Crippen molar-refractivity contribution in [1.29, 1.82) is 0 Å². The third-order valence-corrected chi connectivity index (χ3v) is 3.67. The highest BCUT2D eigenvalue weighted by Crippen LogP contribution is 2.36. The summed E-state index contributed by atoms with van der Waals surface area (Å²) in [6.07, 6.45) is -1.99. The lowest BCUT2D eigenvalue weighted by atomic mass is 10.1.